The Bertz CT molecular complexity index is 820. The Kier molecular flexibility index (Phi) is 8.43. The van der Waals surface area contributed by atoms with Crippen molar-refractivity contribution in [2.45, 2.75) is 18.9 Å². The van der Waals surface area contributed by atoms with Crippen LogP contribution in [-0.2, 0) is 9.47 Å². The van der Waals surface area contributed by atoms with Gasteiger partial charge in [-0.3, -0.25) is 10.1 Å². The van der Waals surface area contributed by atoms with Crippen molar-refractivity contribution in [2.75, 3.05) is 38.9 Å². The van der Waals surface area contributed by atoms with Crippen LogP contribution in [0.15, 0.2) is 48.5 Å². The highest BCUT2D eigenvalue weighted by Gasteiger charge is 2.16. The Morgan fingerprint density at radius 2 is 1.77 bits per heavy atom. The molecule has 1 amide bonds. The smallest absolute Gasteiger partial charge is 0.257 e. The maximum absolute atomic E-state index is 12.4. The first kappa shape index (κ1) is 22.0. The van der Waals surface area contributed by atoms with E-state index in [0.717, 1.165) is 30.9 Å². The van der Waals surface area contributed by atoms with E-state index < -0.39 is 0 Å². The first-order valence-electron chi connectivity index (χ1n) is 9.82. The summed E-state index contributed by atoms with van der Waals surface area (Å²) >= 11 is 5.24. The van der Waals surface area contributed by atoms with Gasteiger partial charge in [-0.05, 0) is 73.6 Å². The highest BCUT2D eigenvalue weighted by Crippen LogP contribution is 2.18. The molecule has 1 fully saturated rings. The molecule has 1 atom stereocenters. The number of rotatable bonds is 9. The van der Waals surface area contributed by atoms with Crippen LogP contribution in [0.5, 0.6) is 11.5 Å². The summed E-state index contributed by atoms with van der Waals surface area (Å²) in [5.41, 5.74) is 1.24. The number of anilines is 1. The number of ether oxygens (including phenoxy) is 4. The molecule has 0 spiro atoms. The van der Waals surface area contributed by atoms with E-state index in [9.17, 15) is 4.79 Å². The predicted molar refractivity (Wildman–Crippen MR) is 118 cm³/mol. The number of amides is 1. The number of methoxy groups -OCH3 is 1. The van der Waals surface area contributed by atoms with Crippen molar-refractivity contribution >= 4 is 28.9 Å². The quantitative estimate of drug-likeness (QED) is 0.466. The maximum atomic E-state index is 12.4. The van der Waals surface area contributed by atoms with Crippen LogP contribution in [0, 0.1) is 0 Å². The number of hydrogen-bond donors (Lipinski definition) is 2. The van der Waals surface area contributed by atoms with Gasteiger partial charge < -0.3 is 24.3 Å². The van der Waals surface area contributed by atoms with Crippen LogP contribution >= 0.6 is 12.2 Å². The average molecular weight is 431 g/mol. The first-order chi connectivity index (χ1) is 14.6. The normalized spacial score (nSPS) is 15.4. The average Bonchev–Trinajstić information content (AvgIpc) is 3.27. The van der Waals surface area contributed by atoms with Gasteiger partial charge >= 0.3 is 0 Å². The minimum absolute atomic E-state index is 0.177. The molecule has 2 aromatic rings. The second kappa shape index (κ2) is 11.5. The van der Waals surface area contributed by atoms with E-state index in [1.807, 2.05) is 24.3 Å². The van der Waals surface area contributed by atoms with Crippen molar-refractivity contribution in [1.82, 2.24) is 5.32 Å². The lowest BCUT2D eigenvalue weighted by Crippen LogP contribution is -2.34. The Balaban J connectivity index is 1.43. The molecule has 2 N–H and O–H groups in total. The lowest BCUT2D eigenvalue weighted by molar-refractivity contribution is 0.0679. The lowest BCUT2D eigenvalue weighted by atomic mass is 10.2. The number of carbonyl (C=O) groups is 1. The van der Waals surface area contributed by atoms with Crippen LogP contribution in [0.3, 0.4) is 0 Å². The van der Waals surface area contributed by atoms with Crippen molar-refractivity contribution in [3.05, 3.63) is 54.1 Å². The van der Waals surface area contributed by atoms with Gasteiger partial charge in [0, 0.05) is 25.0 Å². The molecule has 1 aliphatic rings. The minimum atomic E-state index is -0.299. The molecular weight excluding hydrogens is 404 g/mol. The fourth-order valence-electron chi connectivity index (χ4n) is 2.88. The summed E-state index contributed by atoms with van der Waals surface area (Å²) in [6.45, 7) is 2.32. The van der Waals surface area contributed by atoms with Gasteiger partial charge in [-0.2, -0.15) is 0 Å². The topological polar surface area (TPSA) is 78.1 Å². The third-order valence-electron chi connectivity index (χ3n) is 4.47. The van der Waals surface area contributed by atoms with Crippen molar-refractivity contribution < 1.29 is 23.7 Å². The molecule has 30 heavy (non-hydrogen) atoms. The van der Waals surface area contributed by atoms with Gasteiger partial charge in [0.15, 0.2) is 5.11 Å². The van der Waals surface area contributed by atoms with Crippen LogP contribution < -0.4 is 20.1 Å². The SMILES string of the molecule is COCCOc1ccc(C(=O)NC(=S)Nc2ccc(OCC3CCCO3)cc2)cc1. The first-order valence-corrected chi connectivity index (χ1v) is 10.2. The summed E-state index contributed by atoms with van der Waals surface area (Å²) in [5, 5.41) is 5.88. The van der Waals surface area contributed by atoms with Crippen LogP contribution in [0.1, 0.15) is 23.2 Å². The van der Waals surface area contributed by atoms with Gasteiger partial charge in [-0.25, -0.2) is 0 Å². The van der Waals surface area contributed by atoms with E-state index in [4.69, 9.17) is 31.2 Å². The Labute approximate surface area is 181 Å². The third-order valence-corrected chi connectivity index (χ3v) is 4.68. The third kappa shape index (κ3) is 6.98. The van der Waals surface area contributed by atoms with Crippen LogP contribution in [0.4, 0.5) is 5.69 Å². The van der Waals surface area contributed by atoms with Gasteiger partial charge in [0.05, 0.1) is 12.7 Å². The molecule has 160 valence electrons. The van der Waals surface area contributed by atoms with Gasteiger partial charge in [0.1, 0.15) is 24.7 Å². The summed E-state index contributed by atoms with van der Waals surface area (Å²) in [7, 11) is 1.61. The molecule has 1 saturated heterocycles. The number of benzene rings is 2. The molecule has 3 rings (SSSR count). The van der Waals surface area contributed by atoms with Crippen molar-refractivity contribution in [3.63, 3.8) is 0 Å². The molecule has 1 aliphatic heterocycles. The van der Waals surface area contributed by atoms with E-state index in [-0.39, 0.29) is 17.1 Å². The van der Waals surface area contributed by atoms with E-state index in [1.54, 1.807) is 31.4 Å². The minimum Gasteiger partial charge on any atom is -0.491 e. The summed E-state index contributed by atoms with van der Waals surface area (Å²) in [6, 6.07) is 14.2. The number of hydrogen-bond acceptors (Lipinski definition) is 6. The number of thiocarbonyl (C=S) groups is 1. The van der Waals surface area contributed by atoms with E-state index in [1.165, 1.54) is 0 Å². The number of carbonyl (C=O) groups excluding carboxylic acids is 1. The largest absolute Gasteiger partial charge is 0.491 e. The Hall–Kier alpha value is -2.68. The highest BCUT2D eigenvalue weighted by molar-refractivity contribution is 7.80. The lowest BCUT2D eigenvalue weighted by Gasteiger charge is -2.13. The van der Waals surface area contributed by atoms with Gasteiger partial charge in [0.25, 0.3) is 5.91 Å². The molecule has 8 heteroatoms. The number of nitrogens with one attached hydrogen (secondary N) is 2. The summed E-state index contributed by atoms with van der Waals surface area (Å²) in [6.07, 6.45) is 2.31. The molecule has 7 nitrogen and oxygen atoms in total. The van der Waals surface area contributed by atoms with Gasteiger partial charge in [-0.1, -0.05) is 0 Å². The van der Waals surface area contributed by atoms with Crippen LogP contribution in [-0.4, -0.2) is 50.7 Å². The van der Waals surface area contributed by atoms with Crippen molar-refractivity contribution in [2.24, 2.45) is 0 Å². The predicted octanol–water partition coefficient (Wildman–Crippen LogP) is 3.40. The molecule has 0 radical (unpaired) electrons. The fraction of sp³-hybridized carbons (Fsp3) is 0.364. The molecule has 0 bridgehead atoms. The van der Waals surface area contributed by atoms with Gasteiger partial charge in [0.2, 0.25) is 0 Å². The Morgan fingerprint density at radius 3 is 2.43 bits per heavy atom. The zero-order valence-electron chi connectivity index (χ0n) is 16.9. The van der Waals surface area contributed by atoms with Crippen molar-refractivity contribution in [1.29, 1.82) is 0 Å². The fourth-order valence-corrected chi connectivity index (χ4v) is 3.09. The molecule has 2 aromatic carbocycles. The molecular formula is C22H26N2O5S. The monoisotopic (exact) mass is 430 g/mol. The van der Waals surface area contributed by atoms with E-state index in [2.05, 4.69) is 10.6 Å². The summed E-state index contributed by atoms with van der Waals surface area (Å²) in [4.78, 5) is 12.4. The zero-order valence-corrected chi connectivity index (χ0v) is 17.7. The van der Waals surface area contributed by atoms with E-state index in [0.29, 0.717) is 31.1 Å². The van der Waals surface area contributed by atoms with Gasteiger partial charge in [-0.15, -0.1) is 0 Å². The van der Waals surface area contributed by atoms with Crippen molar-refractivity contribution in [3.8, 4) is 11.5 Å². The van der Waals surface area contributed by atoms with E-state index >= 15 is 0 Å². The van der Waals surface area contributed by atoms with Crippen LogP contribution in [0.25, 0.3) is 0 Å². The van der Waals surface area contributed by atoms with Crippen LogP contribution in [0.2, 0.25) is 0 Å². The zero-order chi connectivity index (χ0) is 21.2. The molecule has 0 saturated carbocycles. The molecule has 0 aliphatic carbocycles. The highest BCUT2D eigenvalue weighted by atomic mass is 32.1. The summed E-state index contributed by atoms with van der Waals surface area (Å²) in [5.74, 6) is 1.14. The Morgan fingerprint density at radius 1 is 1.07 bits per heavy atom. The molecule has 1 unspecified atom stereocenters. The second-order valence-electron chi connectivity index (χ2n) is 6.74. The standard InChI is InChI=1S/C22H26N2O5S/c1-26-13-14-28-18-8-4-16(5-9-18)21(25)24-22(30)23-17-6-10-19(11-7-17)29-15-20-3-2-12-27-20/h4-11,20H,2-3,12-15H2,1H3,(H2,23,24,25,30). The second-order valence-corrected chi connectivity index (χ2v) is 7.15. The molecule has 0 aromatic heterocycles. The molecule has 1 heterocycles. The summed E-state index contributed by atoms with van der Waals surface area (Å²) < 4.78 is 21.7. The maximum Gasteiger partial charge on any atom is 0.257 e.